The molecule has 9 aromatic rings. The van der Waals surface area contributed by atoms with Gasteiger partial charge in [-0.2, -0.15) is 0 Å². The van der Waals surface area contributed by atoms with E-state index in [4.69, 9.17) is 25.8 Å². The van der Waals surface area contributed by atoms with Crippen LogP contribution in [0.25, 0.3) is 32.7 Å². The molecular weight excluding hydrogens is 1210 g/mol. The number of aromatic nitrogens is 6. The van der Waals surface area contributed by atoms with Gasteiger partial charge in [0.2, 0.25) is 0 Å². The summed E-state index contributed by atoms with van der Waals surface area (Å²) in [6, 6.07) is 16.1. The van der Waals surface area contributed by atoms with Gasteiger partial charge in [-0.05, 0) is 73.3 Å². The van der Waals surface area contributed by atoms with Gasteiger partial charge in [-0.15, -0.1) is 34.0 Å². The average molecular weight is 1270 g/mol. The summed E-state index contributed by atoms with van der Waals surface area (Å²) >= 11 is 10.4. The summed E-state index contributed by atoms with van der Waals surface area (Å²) in [7, 11) is 0. The number of fused-ring (bicyclic) bond motifs is 3. The van der Waals surface area contributed by atoms with Crippen LogP contribution in [0.15, 0.2) is 122 Å². The minimum atomic E-state index is -0.732. The number of halogens is 1. The molecule has 12 heterocycles. The van der Waals surface area contributed by atoms with Gasteiger partial charge in [0, 0.05) is 132 Å². The standard InChI is InChI=1S/2C20H20N4O4S.C11H9ClN2O3.C9H12N2OS/c2*1-2-28-20(27)16-17(13-12-21-6-5-14(13)22-18(16)25)23-7-9-24(10-8-23)19(26)15-4-3-11-29-15;1-2-17-11(16)8-9(12)6-5-13-4-3-7(6)14-10(8)15;12-9(8-2-1-7-13-8)11-5-3-10-4-6-11/h2*3-6,11-12H,2,7-10H2,1H3,(H,22,25);3-5H,2H2,1H3,(H,14,15);1-2,7,10H,3-6H2. The van der Waals surface area contributed by atoms with E-state index in [-0.39, 0.29) is 59.3 Å². The van der Waals surface area contributed by atoms with Crippen molar-refractivity contribution in [3.63, 3.8) is 0 Å². The second-order valence-corrected chi connectivity index (χ2v) is 22.7. The number of amides is 3. The van der Waals surface area contributed by atoms with E-state index in [0.29, 0.717) is 106 Å². The van der Waals surface area contributed by atoms with Crippen molar-refractivity contribution in [2.24, 2.45) is 0 Å². The van der Waals surface area contributed by atoms with E-state index in [1.54, 1.807) is 73.6 Å². The van der Waals surface area contributed by atoms with Crippen molar-refractivity contribution < 1.29 is 43.0 Å². The summed E-state index contributed by atoms with van der Waals surface area (Å²) in [5.74, 6) is -1.87. The normalized spacial score (nSPS) is 14.0. The first-order chi connectivity index (χ1) is 42.7. The fraction of sp³-hybridized carbons (Fsp3) is 0.300. The predicted octanol–water partition coefficient (Wildman–Crippen LogP) is 6.79. The Balaban J connectivity index is 0.000000146. The molecule has 0 aliphatic carbocycles. The zero-order chi connectivity index (χ0) is 62.3. The molecule has 24 nitrogen and oxygen atoms in total. The maximum atomic E-state index is 12.7. The minimum Gasteiger partial charge on any atom is -0.462 e. The summed E-state index contributed by atoms with van der Waals surface area (Å²) in [5.41, 5.74) is 0.982. The molecule has 3 aliphatic heterocycles. The monoisotopic (exact) mass is 1270 g/mol. The van der Waals surface area contributed by atoms with Crippen molar-refractivity contribution in [1.29, 1.82) is 0 Å². The highest BCUT2D eigenvalue weighted by Gasteiger charge is 2.32. The number of nitrogens with zero attached hydrogens (tertiary/aromatic N) is 8. The Labute approximate surface area is 519 Å². The molecule has 0 atom stereocenters. The van der Waals surface area contributed by atoms with Crippen LogP contribution in [0, 0.1) is 0 Å². The van der Waals surface area contributed by atoms with Gasteiger partial charge in [0.1, 0.15) is 16.7 Å². The zero-order valence-corrected chi connectivity index (χ0v) is 51.3. The Bertz CT molecular complexity index is 3940. The van der Waals surface area contributed by atoms with Crippen molar-refractivity contribution in [3.8, 4) is 0 Å². The van der Waals surface area contributed by atoms with Crippen LogP contribution in [-0.2, 0) is 14.2 Å². The van der Waals surface area contributed by atoms with E-state index in [1.165, 1.54) is 46.4 Å². The molecule has 0 saturated carbocycles. The highest BCUT2D eigenvalue weighted by atomic mass is 35.5. The number of thiophene rings is 3. The molecule has 3 fully saturated rings. The second-order valence-electron chi connectivity index (χ2n) is 19.5. The van der Waals surface area contributed by atoms with Crippen molar-refractivity contribution in [1.82, 2.24) is 49.9 Å². The lowest BCUT2D eigenvalue weighted by atomic mass is 10.1. The molecule has 0 unspecified atom stereocenters. The predicted molar refractivity (Wildman–Crippen MR) is 338 cm³/mol. The number of anilines is 2. The van der Waals surface area contributed by atoms with E-state index >= 15 is 0 Å². The molecule has 0 spiro atoms. The Hall–Kier alpha value is -9.15. The molecule has 3 amide bonds. The molecule has 0 radical (unpaired) electrons. The number of esters is 3. The maximum absolute atomic E-state index is 12.7. The third-order valence-electron chi connectivity index (χ3n) is 14.1. The highest BCUT2D eigenvalue weighted by molar-refractivity contribution is 7.12. The molecule has 458 valence electrons. The van der Waals surface area contributed by atoms with E-state index in [1.807, 2.05) is 67.2 Å². The smallest absolute Gasteiger partial charge is 0.345 e. The molecule has 0 aromatic carbocycles. The number of hydrogen-bond donors (Lipinski definition) is 4. The first-order valence-corrected chi connectivity index (χ1v) is 31.1. The molecule has 3 saturated heterocycles. The number of piperazine rings is 3. The lowest BCUT2D eigenvalue weighted by Gasteiger charge is -2.36. The molecule has 88 heavy (non-hydrogen) atoms. The van der Waals surface area contributed by atoms with Gasteiger partial charge in [-0.1, -0.05) is 29.8 Å². The van der Waals surface area contributed by atoms with Crippen LogP contribution in [0.3, 0.4) is 0 Å². The number of pyridine rings is 6. The number of H-pyrrole nitrogens is 3. The van der Waals surface area contributed by atoms with Gasteiger partial charge in [0.25, 0.3) is 34.4 Å². The van der Waals surface area contributed by atoms with Gasteiger partial charge in [-0.25, -0.2) is 14.4 Å². The fourth-order valence-corrected chi connectivity index (χ4v) is 12.4. The number of ether oxygens (including phenoxy) is 3. The van der Waals surface area contributed by atoms with Gasteiger partial charge in [0.15, 0.2) is 0 Å². The summed E-state index contributed by atoms with van der Waals surface area (Å²) < 4.78 is 15.0. The molecular formula is C60H61ClN12O12S3. The van der Waals surface area contributed by atoms with Crippen molar-refractivity contribution in [3.05, 3.63) is 175 Å². The number of nitrogens with one attached hydrogen (secondary N) is 4. The second kappa shape index (κ2) is 30.0. The van der Waals surface area contributed by atoms with Crippen LogP contribution >= 0.6 is 45.6 Å². The Morgan fingerprint density at radius 1 is 0.466 bits per heavy atom. The maximum Gasteiger partial charge on any atom is 0.345 e. The van der Waals surface area contributed by atoms with Crippen LogP contribution in [0.2, 0.25) is 5.02 Å². The van der Waals surface area contributed by atoms with E-state index < -0.39 is 34.6 Å². The van der Waals surface area contributed by atoms with E-state index in [2.05, 4.69) is 35.2 Å². The van der Waals surface area contributed by atoms with E-state index in [9.17, 15) is 43.2 Å². The number of hydrogen-bond acceptors (Lipinski definition) is 21. The van der Waals surface area contributed by atoms with Crippen LogP contribution in [0.1, 0.15) is 80.9 Å². The first-order valence-electron chi connectivity index (χ1n) is 28.1. The average Bonchev–Trinajstić information content (AvgIpc) is 3.02. The number of rotatable bonds is 11. The number of carbonyl (C=O) groups excluding carboxylic acids is 6. The molecule has 9 aromatic heterocycles. The van der Waals surface area contributed by atoms with Gasteiger partial charge in [-0.3, -0.25) is 43.7 Å². The minimum absolute atomic E-state index is 0.00250. The molecule has 0 bridgehead atoms. The summed E-state index contributed by atoms with van der Waals surface area (Å²) in [4.78, 5) is 143. The molecule has 28 heteroatoms. The fourth-order valence-electron chi connectivity index (χ4n) is 9.97. The molecule has 3 aliphatic rings. The van der Waals surface area contributed by atoms with Gasteiger partial charge in [0.05, 0.1) is 67.4 Å². The quantitative estimate of drug-likeness (QED) is 0.0765. The third kappa shape index (κ3) is 14.6. The third-order valence-corrected chi connectivity index (χ3v) is 17.1. The van der Waals surface area contributed by atoms with Crippen molar-refractivity contribution in [2.45, 2.75) is 20.8 Å². The Kier molecular flexibility index (Phi) is 21.6. The van der Waals surface area contributed by atoms with Crippen LogP contribution in [-0.4, -0.2) is 179 Å². The first kappa shape index (κ1) is 63.4. The van der Waals surface area contributed by atoms with E-state index in [0.717, 1.165) is 31.1 Å². The highest BCUT2D eigenvalue weighted by Crippen LogP contribution is 2.31. The largest absolute Gasteiger partial charge is 0.462 e. The van der Waals surface area contributed by atoms with Crippen molar-refractivity contribution >= 4 is 125 Å². The summed E-state index contributed by atoms with van der Waals surface area (Å²) in [5, 5.41) is 10.8. The SMILES string of the molecule is CCOC(=O)c1c(Cl)c2cnccc2[nH]c1=O.CCOC(=O)c1c(N2CCN(C(=O)c3cccs3)CC2)c2cnccc2[nH]c1=O.CCOC(=O)c1c(N2CCN(C(=O)c3cccs3)CC2)c2cnccc2[nH]c1=O.O=C(c1cccs1)N1CCNCC1. The van der Waals surface area contributed by atoms with Crippen LogP contribution in [0.5, 0.6) is 0 Å². The van der Waals surface area contributed by atoms with Crippen LogP contribution in [0.4, 0.5) is 11.4 Å². The van der Waals surface area contributed by atoms with Gasteiger partial charge < -0.3 is 59.0 Å². The van der Waals surface area contributed by atoms with Crippen LogP contribution < -0.4 is 31.8 Å². The number of carbonyl (C=O) groups is 6. The molecule has 4 N–H and O–H groups in total. The lowest BCUT2D eigenvalue weighted by Crippen LogP contribution is -2.49. The Morgan fingerprint density at radius 3 is 1.15 bits per heavy atom. The lowest BCUT2D eigenvalue weighted by molar-refractivity contribution is 0.0515. The Morgan fingerprint density at radius 2 is 0.795 bits per heavy atom. The summed E-state index contributed by atoms with van der Waals surface area (Å²) in [6.07, 6.45) is 9.45. The molecule has 12 rings (SSSR count). The van der Waals surface area contributed by atoms with Gasteiger partial charge >= 0.3 is 17.9 Å². The van der Waals surface area contributed by atoms with Crippen molar-refractivity contribution in [2.75, 3.05) is 108 Å². The zero-order valence-electron chi connectivity index (χ0n) is 48.1. The topological polar surface area (TPSA) is 296 Å². The number of aromatic amines is 3. The summed E-state index contributed by atoms with van der Waals surface area (Å²) in [6.45, 7) is 13.0.